The largest absolute Gasteiger partial charge is 0.473 e. The first kappa shape index (κ1) is 28.6. The number of nitrogen functional groups attached to an aromatic ring is 1. The van der Waals surface area contributed by atoms with Gasteiger partial charge in [-0.2, -0.15) is 10.2 Å². The van der Waals surface area contributed by atoms with E-state index in [1.165, 1.54) is 11.3 Å². The third kappa shape index (κ3) is 4.88. The molecule has 0 bridgehead atoms. The number of thiophene rings is 1. The highest BCUT2D eigenvalue weighted by Gasteiger charge is 2.48. The van der Waals surface area contributed by atoms with Gasteiger partial charge in [-0.15, -0.1) is 11.3 Å². The molecule has 0 radical (unpaired) electrons. The van der Waals surface area contributed by atoms with Gasteiger partial charge in [-0.05, 0) is 91.3 Å². The summed E-state index contributed by atoms with van der Waals surface area (Å²) in [5.41, 5.74) is 9.71. The summed E-state index contributed by atoms with van der Waals surface area (Å²) in [6.45, 7) is 9.33. The van der Waals surface area contributed by atoms with E-state index in [-0.39, 0.29) is 11.5 Å². The first-order valence-electron chi connectivity index (χ1n) is 15.9. The molecule has 3 aromatic heterocycles. The molecule has 2 unspecified atom stereocenters. The highest BCUT2D eigenvalue weighted by Crippen LogP contribution is 2.54. The maximum atomic E-state index is 10.1. The van der Waals surface area contributed by atoms with Crippen molar-refractivity contribution in [2.45, 2.75) is 102 Å². The number of rotatable bonds is 5. The number of aromatic nitrogens is 3. The number of aryl methyl sites for hydroxylation is 1. The Kier molecular flexibility index (Phi) is 7.35. The van der Waals surface area contributed by atoms with E-state index < -0.39 is 0 Å². The van der Waals surface area contributed by atoms with Gasteiger partial charge in [0.15, 0.2) is 0 Å². The summed E-state index contributed by atoms with van der Waals surface area (Å²) < 4.78 is 12.8. The number of nitriles is 1. The molecule has 2 fully saturated rings. The normalized spacial score (nSPS) is 28.0. The first-order valence-corrected chi connectivity index (χ1v) is 16.7. The minimum Gasteiger partial charge on any atom is -0.473 e. The van der Waals surface area contributed by atoms with Gasteiger partial charge in [0.05, 0.1) is 11.3 Å². The third-order valence-corrected chi connectivity index (χ3v) is 11.2. The molecule has 4 aliphatic rings. The second-order valence-electron chi connectivity index (χ2n) is 13.2. The van der Waals surface area contributed by atoms with Crippen molar-refractivity contribution in [1.29, 1.82) is 5.26 Å². The molecule has 2 saturated heterocycles. The molecule has 0 aromatic carbocycles. The summed E-state index contributed by atoms with van der Waals surface area (Å²) in [4.78, 5) is 16.0. The second kappa shape index (κ2) is 11.1. The number of anilines is 2. The van der Waals surface area contributed by atoms with Gasteiger partial charge in [0.2, 0.25) is 17.5 Å². The molecular weight excluding hydrogens is 560 g/mol. The van der Waals surface area contributed by atoms with Crippen LogP contribution in [0.25, 0.3) is 11.6 Å². The number of nitrogens with two attached hydrogens (primary N) is 1. The van der Waals surface area contributed by atoms with Gasteiger partial charge in [-0.3, -0.25) is 4.90 Å². The van der Waals surface area contributed by atoms with Crippen LogP contribution >= 0.6 is 11.3 Å². The molecule has 11 heteroatoms. The lowest BCUT2D eigenvalue weighted by atomic mass is 9.62. The van der Waals surface area contributed by atoms with Crippen LogP contribution in [-0.2, 0) is 18.3 Å². The van der Waals surface area contributed by atoms with Crippen LogP contribution in [0.15, 0.2) is 10.6 Å². The van der Waals surface area contributed by atoms with Crippen molar-refractivity contribution in [3.63, 3.8) is 0 Å². The molecule has 43 heavy (non-hydrogen) atoms. The molecule has 7 rings (SSSR count). The molecule has 0 saturated carbocycles. The molecule has 3 aromatic rings. The van der Waals surface area contributed by atoms with Crippen LogP contribution in [0.3, 0.4) is 0 Å². The zero-order valence-corrected chi connectivity index (χ0v) is 26.5. The van der Waals surface area contributed by atoms with E-state index >= 15 is 0 Å². The summed E-state index contributed by atoms with van der Waals surface area (Å²) in [5, 5.41) is 19.1. The van der Waals surface area contributed by atoms with Crippen LogP contribution in [0.4, 0.5) is 10.8 Å². The molecule has 2 aliphatic carbocycles. The number of ether oxygens (including phenoxy) is 1. The Bertz CT molecular complexity index is 1550. The standard InChI is InChI=1S/C32H42N8O2S/c1-18-16-40(17-19(2)35-18)25-14-26(41-20(3)23-9-7-13-39(23)4)37-31(36-25)28-21-8-5-11-32(29(21)38-42-28)12-6-10-24-27(32)22(15-33)30(34)43-24/h14,18-20,23,35H,5-13,16-17,34H2,1-4H3/t18-,19?,20-,23?,32-/m0/s1. The highest BCUT2D eigenvalue weighted by atomic mass is 32.1. The number of nitrogens with zero attached hydrogens (tertiary/aromatic N) is 6. The monoisotopic (exact) mass is 602 g/mol. The lowest BCUT2D eigenvalue weighted by Gasteiger charge is -2.39. The average Bonchev–Trinajstić information content (AvgIpc) is 3.69. The molecule has 2 aliphatic heterocycles. The number of nitrogens with one attached hydrogen (secondary N) is 1. The molecule has 5 heterocycles. The summed E-state index contributed by atoms with van der Waals surface area (Å²) in [5.74, 6) is 2.56. The summed E-state index contributed by atoms with van der Waals surface area (Å²) in [6, 6.07) is 5.44. The summed E-state index contributed by atoms with van der Waals surface area (Å²) in [6.07, 6.45) is 7.96. The Morgan fingerprint density at radius 3 is 2.67 bits per heavy atom. The van der Waals surface area contributed by atoms with Crippen LogP contribution in [0.2, 0.25) is 0 Å². The number of fused-ring (bicyclic) bond motifs is 4. The maximum Gasteiger partial charge on any atom is 0.219 e. The predicted molar refractivity (Wildman–Crippen MR) is 168 cm³/mol. The topological polar surface area (TPSA) is 129 Å². The molecule has 5 atom stereocenters. The fourth-order valence-electron chi connectivity index (χ4n) is 8.28. The lowest BCUT2D eigenvalue weighted by Crippen LogP contribution is -2.54. The van der Waals surface area contributed by atoms with Gasteiger partial charge in [-0.25, -0.2) is 4.98 Å². The minimum absolute atomic E-state index is 0.00927. The van der Waals surface area contributed by atoms with Crippen molar-refractivity contribution >= 4 is 22.2 Å². The average molecular weight is 603 g/mol. The fourth-order valence-corrected chi connectivity index (χ4v) is 9.44. The van der Waals surface area contributed by atoms with Crippen molar-refractivity contribution in [1.82, 2.24) is 25.3 Å². The second-order valence-corrected chi connectivity index (χ2v) is 14.3. The van der Waals surface area contributed by atoms with Crippen molar-refractivity contribution in [2.75, 3.05) is 37.3 Å². The van der Waals surface area contributed by atoms with Crippen LogP contribution in [0.1, 0.15) is 86.6 Å². The van der Waals surface area contributed by atoms with E-state index in [4.69, 9.17) is 30.1 Å². The molecule has 1 spiro atoms. The lowest BCUT2D eigenvalue weighted by molar-refractivity contribution is 0.117. The zero-order chi connectivity index (χ0) is 29.9. The highest BCUT2D eigenvalue weighted by molar-refractivity contribution is 7.16. The fraction of sp³-hybridized carbons (Fsp3) is 0.625. The van der Waals surface area contributed by atoms with E-state index in [1.54, 1.807) is 11.3 Å². The zero-order valence-electron chi connectivity index (χ0n) is 25.7. The number of hydrogen-bond acceptors (Lipinski definition) is 11. The van der Waals surface area contributed by atoms with E-state index in [2.05, 4.69) is 49.0 Å². The SMILES string of the molecule is CC1CN(c2cc(O[C@@H](C)C3CCCN3C)nc(-c3onc4c3CCC[C@@]43CCCc4sc(N)c(C#N)c43)n2)C[C@H](C)N1. The Morgan fingerprint density at radius 2 is 1.95 bits per heavy atom. The van der Waals surface area contributed by atoms with Gasteiger partial charge in [0.25, 0.3) is 0 Å². The van der Waals surface area contributed by atoms with Crippen LogP contribution in [0.5, 0.6) is 5.88 Å². The quantitative estimate of drug-likeness (QED) is 0.426. The molecule has 228 valence electrons. The van der Waals surface area contributed by atoms with Crippen LogP contribution in [0, 0.1) is 11.3 Å². The van der Waals surface area contributed by atoms with Crippen molar-refractivity contribution < 1.29 is 9.26 Å². The third-order valence-electron chi connectivity index (χ3n) is 10.1. The predicted octanol–water partition coefficient (Wildman–Crippen LogP) is 4.65. The number of likely N-dealkylation sites (N-methyl/N-ethyl adjacent to an activating group) is 1. The Hall–Kier alpha value is -3.20. The van der Waals surface area contributed by atoms with Crippen molar-refractivity contribution in [3.05, 3.63) is 33.3 Å². The van der Waals surface area contributed by atoms with Gasteiger partial charge in [0, 0.05) is 53.1 Å². The van der Waals surface area contributed by atoms with E-state index in [9.17, 15) is 5.26 Å². The first-order chi connectivity index (χ1) is 20.8. The molecule has 0 amide bonds. The van der Waals surface area contributed by atoms with Crippen molar-refractivity contribution in [3.8, 4) is 23.5 Å². The number of piperazine rings is 1. The number of likely N-dealkylation sites (tertiary alicyclic amines) is 1. The Labute approximate surface area is 257 Å². The van der Waals surface area contributed by atoms with Crippen LogP contribution < -0.4 is 20.7 Å². The van der Waals surface area contributed by atoms with Crippen molar-refractivity contribution in [2.24, 2.45) is 0 Å². The number of hydrogen-bond donors (Lipinski definition) is 2. The maximum absolute atomic E-state index is 10.1. The van der Waals surface area contributed by atoms with Gasteiger partial charge >= 0.3 is 0 Å². The Morgan fingerprint density at radius 1 is 1.19 bits per heavy atom. The molecular formula is C32H42N8O2S. The van der Waals surface area contributed by atoms with E-state index in [0.29, 0.717) is 46.2 Å². The van der Waals surface area contributed by atoms with E-state index in [0.717, 1.165) is 87.2 Å². The minimum atomic E-state index is -0.357. The molecule has 10 nitrogen and oxygen atoms in total. The summed E-state index contributed by atoms with van der Waals surface area (Å²) >= 11 is 1.56. The van der Waals surface area contributed by atoms with Crippen LogP contribution in [-0.4, -0.2) is 70.9 Å². The van der Waals surface area contributed by atoms with Gasteiger partial charge in [-0.1, -0.05) is 5.16 Å². The Balaban J connectivity index is 1.31. The smallest absolute Gasteiger partial charge is 0.219 e. The van der Waals surface area contributed by atoms with Gasteiger partial charge in [0.1, 0.15) is 23.0 Å². The molecule has 3 N–H and O–H groups in total. The van der Waals surface area contributed by atoms with Gasteiger partial charge < -0.3 is 25.2 Å². The van der Waals surface area contributed by atoms with E-state index in [1.807, 2.05) is 6.07 Å². The summed E-state index contributed by atoms with van der Waals surface area (Å²) in [7, 11) is 2.17.